The van der Waals surface area contributed by atoms with Gasteiger partial charge in [0.05, 0.1) is 24.5 Å². The first-order chi connectivity index (χ1) is 16.5. The van der Waals surface area contributed by atoms with Crippen molar-refractivity contribution in [3.8, 4) is 17.4 Å². The van der Waals surface area contributed by atoms with Gasteiger partial charge in [-0.25, -0.2) is 9.97 Å². The number of anilines is 1. The fraction of sp³-hybridized carbons (Fsp3) is 0.524. The average Bonchev–Trinajstić information content (AvgIpc) is 3.63. The van der Waals surface area contributed by atoms with Crippen molar-refractivity contribution in [3.05, 3.63) is 35.4 Å². The van der Waals surface area contributed by atoms with Gasteiger partial charge in [0.25, 0.3) is 0 Å². The number of hydrogen-bond acceptors (Lipinski definition) is 11. The number of aromatic nitrogens is 7. The molecule has 182 valence electrons. The lowest BCUT2D eigenvalue weighted by Gasteiger charge is -2.22. The Balaban J connectivity index is 1.66. The van der Waals surface area contributed by atoms with E-state index in [1.807, 2.05) is 11.5 Å². The molecule has 0 spiro atoms. The van der Waals surface area contributed by atoms with Crippen LogP contribution < -0.4 is 14.2 Å². The maximum Gasteiger partial charge on any atom is 0.245 e. The maximum absolute atomic E-state index is 5.93. The van der Waals surface area contributed by atoms with Crippen LogP contribution >= 0.6 is 23.5 Å². The molecule has 1 N–H and O–H groups in total. The summed E-state index contributed by atoms with van der Waals surface area (Å²) in [6.07, 6.45) is 6.46. The van der Waals surface area contributed by atoms with Crippen LogP contribution in [0.15, 0.2) is 18.7 Å². The van der Waals surface area contributed by atoms with Gasteiger partial charge in [0.1, 0.15) is 18.3 Å². The molecule has 4 rings (SSSR count). The van der Waals surface area contributed by atoms with E-state index in [-0.39, 0.29) is 17.3 Å². The normalized spacial score (nSPS) is 16.1. The van der Waals surface area contributed by atoms with Crippen LogP contribution in [0.3, 0.4) is 0 Å². The number of nitrogens with one attached hydrogen (secondary N) is 1. The van der Waals surface area contributed by atoms with Crippen molar-refractivity contribution in [2.45, 2.75) is 44.0 Å². The molecule has 0 aliphatic heterocycles. The van der Waals surface area contributed by atoms with Crippen molar-refractivity contribution in [1.29, 1.82) is 0 Å². The van der Waals surface area contributed by atoms with Gasteiger partial charge < -0.3 is 14.2 Å². The summed E-state index contributed by atoms with van der Waals surface area (Å²) in [5, 5.41) is 9.34. The van der Waals surface area contributed by atoms with Crippen LogP contribution in [0.5, 0.6) is 11.8 Å². The van der Waals surface area contributed by atoms with Crippen LogP contribution in [0.2, 0.25) is 5.02 Å². The fourth-order valence-electron chi connectivity index (χ4n) is 3.71. The van der Waals surface area contributed by atoms with Crippen molar-refractivity contribution in [3.63, 3.8) is 0 Å². The molecule has 3 unspecified atom stereocenters. The number of nitrogens with zero attached hydrogens (tertiary/aromatic N) is 7. The highest BCUT2D eigenvalue weighted by atomic mass is 35.5. The zero-order valence-corrected chi connectivity index (χ0v) is 21.2. The second kappa shape index (κ2) is 10.7. The van der Waals surface area contributed by atoms with E-state index in [0.717, 1.165) is 5.82 Å². The SMILES string of the molecule is COc1ncnc(OC)c1-n1c(NSC(C)C(OC)c2ncc(Cl)cn2)nnc1C(C)C1CC1. The van der Waals surface area contributed by atoms with Crippen LogP contribution in [0.4, 0.5) is 5.95 Å². The Bertz CT molecular complexity index is 1090. The van der Waals surface area contributed by atoms with E-state index < -0.39 is 0 Å². The lowest BCUT2D eigenvalue weighted by Crippen LogP contribution is -2.19. The van der Waals surface area contributed by atoms with E-state index in [0.29, 0.717) is 40.2 Å². The smallest absolute Gasteiger partial charge is 0.245 e. The van der Waals surface area contributed by atoms with E-state index in [1.54, 1.807) is 33.7 Å². The second-order valence-corrected chi connectivity index (χ2v) is 9.54. The Morgan fingerprint density at radius 3 is 2.24 bits per heavy atom. The minimum absolute atomic E-state index is 0.0866. The van der Waals surface area contributed by atoms with Crippen molar-refractivity contribution in [2.24, 2.45) is 5.92 Å². The molecule has 0 amide bonds. The Kier molecular flexibility index (Phi) is 7.69. The first kappa shape index (κ1) is 24.4. The summed E-state index contributed by atoms with van der Waals surface area (Å²) in [5.41, 5.74) is 0.542. The number of methoxy groups -OCH3 is 3. The van der Waals surface area contributed by atoms with Gasteiger partial charge in [-0.1, -0.05) is 18.5 Å². The Morgan fingerprint density at radius 2 is 1.68 bits per heavy atom. The highest BCUT2D eigenvalue weighted by molar-refractivity contribution is 8.01. The Hall–Kier alpha value is -2.70. The topological polar surface area (TPSA) is 122 Å². The summed E-state index contributed by atoms with van der Waals surface area (Å²) in [5.74, 6) is 3.30. The predicted octanol–water partition coefficient (Wildman–Crippen LogP) is 3.87. The van der Waals surface area contributed by atoms with Gasteiger partial charge in [-0.15, -0.1) is 10.2 Å². The van der Waals surface area contributed by atoms with Gasteiger partial charge in [0.15, 0.2) is 11.5 Å². The van der Waals surface area contributed by atoms with Crippen molar-refractivity contribution in [2.75, 3.05) is 26.1 Å². The van der Waals surface area contributed by atoms with Gasteiger partial charge >= 0.3 is 0 Å². The summed E-state index contributed by atoms with van der Waals surface area (Å²) < 4.78 is 21.9. The van der Waals surface area contributed by atoms with Gasteiger partial charge in [-0.2, -0.15) is 9.97 Å². The van der Waals surface area contributed by atoms with E-state index in [9.17, 15) is 0 Å². The third-order valence-electron chi connectivity index (χ3n) is 5.70. The molecule has 1 fully saturated rings. The molecule has 3 aromatic rings. The largest absolute Gasteiger partial charge is 0.479 e. The third-order valence-corrected chi connectivity index (χ3v) is 6.82. The Labute approximate surface area is 207 Å². The number of ether oxygens (including phenoxy) is 3. The average molecular weight is 507 g/mol. The molecule has 1 saturated carbocycles. The molecule has 3 heterocycles. The standard InChI is InChI=1S/C21H27ClN8O3S/c1-11(13-6-7-13)18-27-28-21(30(18)15-19(32-4)25-10-26-20(15)33-5)29-34-12(2)16(31-3)17-23-8-14(22)9-24-17/h8-13,16H,6-7H2,1-5H3,(H,28,29). The van der Waals surface area contributed by atoms with Crippen LogP contribution in [0, 0.1) is 5.92 Å². The van der Waals surface area contributed by atoms with Crippen molar-refractivity contribution < 1.29 is 14.2 Å². The second-order valence-electron chi connectivity index (χ2n) is 7.92. The van der Waals surface area contributed by atoms with Crippen LogP contribution in [-0.2, 0) is 4.74 Å². The van der Waals surface area contributed by atoms with Gasteiger partial charge in [-0.3, -0.25) is 9.29 Å². The summed E-state index contributed by atoms with van der Waals surface area (Å²) in [7, 11) is 4.73. The fourth-order valence-corrected chi connectivity index (χ4v) is 4.58. The molecular formula is C21H27ClN8O3S. The van der Waals surface area contributed by atoms with Gasteiger partial charge in [0, 0.05) is 25.4 Å². The molecule has 1 aliphatic rings. The summed E-state index contributed by atoms with van der Waals surface area (Å²) in [4.78, 5) is 17.1. The van der Waals surface area contributed by atoms with Crippen LogP contribution in [0.1, 0.15) is 50.4 Å². The van der Waals surface area contributed by atoms with Crippen molar-refractivity contribution in [1.82, 2.24) is 34.7 Å². The molecular weight excluding hydrogens is 480 g/mol. The van der Waals surface area contributed by atoms with Crippen molar-refractivity contribution >= 4 is 29.5 Å². The quantitative estimate of drug-likeness (QED) is 0.381. The molecule has 34 heavy (non-hydrogen) atoms. The maximum atomic E-state index is 5.93. The van der Waals surface area contributed by atoms with Crippen LogP contribution in [0.25, 0.3) is 5.69 Å². The minimum atomic E-state index is -0.375. The lowest BCUT2D eigenvalue weighted by atomic mass is 10.1. The van der Waals surface area contributed by atoms with E-state index >= 15 is 0 Å². The molecule has 1 aliphatic carbocycles. The number of halogens is 1. The zero-order valence-electron chi connectivity index (χ0n) is 19.6. The van der Waals surface area contributed by atoms with Crippen LogP contribution in [-0.4, -0.2) is 61.3 Å². The van der Waals surface area contributed by atoms with E-state index in [4.69, 9.17) is 25.8 Å². The Morgan fingerprint density at radius 1 is 1.03 bits per heavy atom. The zero-order chi connectivity index (χ0) is 24.2. The van der Waals surface area contributed by atoms with Gasteiger partial charge in [0.2, 0.25) is 17.7 Å². The third kappa shape index (κ3) is 5.03. The summed E-state index contributed by atoms with van der Waals surface area (Å²) in [6, 6.07) is 0. The summed E-state index contributed by atoms with van der Waals surface area (Å²) in [6.45, 7) is 4.16. The molecule has 13 heteroatoms. The summed E-state index contributed by atoms with van der Waals surface area (Å²) >= 11 is 7.34. The number of hydrogen-bond donors (Lipinski definition) is 1. The first-order valence-electron chi connectivity index (χ1n) is 10.8. The van der Waals surface area contributed by atoms with E-state index in [1.165, 1.54) is 31.1 Å². The monoisotopic (exact) mass is 506 g/mol. The van der Waals surface area contributed by atoms with E-state index in [2.05, 4.69) is 41.8 Å². The molecule has 11 nitrogen and oxygen atoms in total. The van der Waals surface area contributed by atoms with Gasteiger partial charge in [-0.05, 0) is 37.6 Å². The lowest BCUT2D eigenvalue weighted by molar-refractivity contribution is 0.0972. The molecule has 0 aromatic carbocycles. The predicted molar refractivity (Wildman–Crippen MR) is 129 cm³/mol. The highest BCUT2D eigenvalue weighted by Crippen LogP contribution is 2.44. The molecule has 0 radical (unpaired) electrons. The number of rotatable bonds is 11. The first-order valence-corrected chi connectivity index (χ1v) is 12.0. The minimum Gasteiger partial charge on any atom is -0.479 e. The molecule has 3 aromatic heterocycles. The molecule has 0 bridgehead atoms. The highest BCUT2D eigenvalue weighted by Gasteiger charge is 2.35. The molecule has 0 saturated heterocycles. The molecule has 3 atom stereocenters.